The molecule has 0 fully saturated rings. The van der Waals surface area contributed by atoms with Gasteiger partial charge in [-0.1, -0.05) is 6.58 Å². The fraction of sp³-hybridized carbons (Fsp3) is 0.500. The molecule has 0 amide bonds. The molecule has 0 aliphatic heterocycles. The standard InChI is InChI=1S/C6H12N2O2/c1-4(2)6(9)10-5(8)3-7/h5H,1,3,7-8H2,2H3. The lowest BCUT2D eigenvalue weighted by Gasteiger charge is -2.09. The predicted octanol–water partition coefficient (Wildman–Crippen LogP) is -0.651. The Morgan fingerprint density at radius 3 is 2.60 bits per heavy atom. The van der Waals surface area contributed by atoms with Gasteiger partial charge >= 0.3 is 5.97 Å². The zero-order valence-corrected chi connectivity index (χ0v) is 5.96. The van der Waals surface area contributed by atoms with Crippen LogP contribution in [-0.4, -0.2) is 18.7 Å². The fourth-order valence-corrected chi connectivity index (χ4v) is 0.286. The molecule has 10 heavy (non-hydrogen) atoms. The van der Waals surface area contributed by atoms with Crippen molar-refractivity contribution in [1.82, 2.24) is 0 Å². The summed E-state index contributed by atoms with van der Waals surface area (Å²) in [6.07, 6.45) is -0.718. The molecule has 0 spiro atoms. The van der Waals surface area contributed by atoms with Gasteiger partial charge in [-0.2, -0.15) is 0 Å². The van der Waals surface area contributed by atoms with Crippen LogP contribution >= 0.6 is 0 Å². The molecule has 0 bridgehead atoms. The summed E-state index contributed by atoms with van der Waals surface area (Å²) >= 11 is 0. The molecular formula is C6H12N2O2. The Morgan fingerprint density at radius 2 is 2.30 bits per heavy atom. The van der Waals surface area contributed by atoms with Crippen molar-refractivity contribution in [3.05, 3.63) is 12.2 Å². The maximum Gasteiger partial charge on any atom is 0.334 e. The van der Waals surface area contributed by atoms with Gasteiger partial charge in [-0.05, 0) is 6.92 Å². The maximum absolute atomic E-state index is 10.7. The lowest BCUT2D eigenvalue weighted by molar-refractivity contribution is -0.143. The molecule has 0 aromatic heterocycles. The van der Waals surface area contributed by atoms with Crippen molar-refractivity contribution in [3.63, 3.8) is 0 Å². The lowest BCUT2D eigenvalue weighted by atomic mass is 10.4. The molecule has 4 nitrogen and oxygen atoms in total. The van der Waals surface area contributed by atoms with E-state index in [1.165, 1.54) is 0 Å². The normalized spacial score (nSPS) is 12.3. The van der Waals surface area contributed by atoms with Gasteiger partial charge in [-0.3, -0.25) is 5.73 Å². The Kier molecular flexibility index (Phi) is 3.68. The predicted molar refractivity (Wildman–Crippen MR) is 37.9 cm³/mol. The first kappa shape index (κ1) is 9.13. The molecule has 0 heterocycles. The number of hydrogen-bond donors (Lipinski definition) is 2. The third-order valence-corrected chi connectivity index (χ3v) is 0.839. The zero-order valence-electron chi connectivity index (χ0n) is 5.96. The number of carbonyl (C=O) groups excluding carboxylic acids is 1. The molecule has 58 valence electrons. The van der Waals surface area contributed by atoms with Crippen LogP contribution in [-0.2, 0) is 9.53 Å². The van der Waals surface area contributed by atoms with E-state index in [9.17, 15) is 4.79 Å². The van der Waals surface area contributed by atoms with Gasteiger partial charge in [-0.25, -0.2) is 4.79 Å². The highest BCUT2D eigenvalue weighted by molar-refractivity contribution is 5.87. The molecule has 0 aliphatic rings. The molecular weight excluding hydrogens is 132 g/mol. The van der Waals surface area contributed by atoms with Crippen molar-refractivity contribution in [2.45, 2.75) is 13.2 Å². The topological polar surface area (TPSA) is 78.3 Å². The third-order valence-electron chi connectivity index (χ3n) is 0.839. The average molecular weight is 144 g/mol. The van der Waals surface area contributed by atoms with Crippen molar-refractivity contribution < 1.29 is 9.53 Å². The van der Waals surface area contributed by atoms with Gasteiger partial charge in [0, 0.05) is 12.1 Å². The van der Waals surface area contributed by atoms with Gasteiger partial charge in [0.2, 0.25) is 0 Å². The van der Waals surface area contributed by atoms with Gasteiger partial charge in [-0.15, -0.1) is 0 Å². The van der Waals surface area contributed by atoms with Gasteiger partial charge in [0.25, 0.3) is 0 Å². The summed E-state index contributed by atoms with van der Waals surface area (Å²) in [5.41, 5.74) is 10.6. The van der Waals surface area contributed by atoms with Gasteiger partial charge in [0.1, 0.15) is 0 Å². The Morgan fingerprint density at radius 1 is 1.80 bits per heavy atom. The molecule has 0 aliphatic carbocycles. The van der Waals surface area contributed by atoms with E-state index in [1.807, 2.05) is 0 Å². The van der Waals surface area contributed by atoms with E-state index < -0.39 is 12.2 Å². The van der Waals surface area contributed by atoms with Gasteiger partial charge in [0.05, 0.1) is 0 Å². The van der Waals surface area contributed by atoms with Crippen molar-refractivity contribution in [2.24, 2.45) is 11.5 Å². The molecule has 0 aromatic carbocycles. The summed E-state index contributed by atoms with van der Waals surface area (Å²) in [5.74, 6) is -0.502. The average Bonchev–Trinajstić information content (AvgIpc) is 1.87. The highest BCUT2D eigenvalue weighted by Gasteiger charge is 2.07. The van der Waals surface area contributed by atoms with E-state index >= 15 is 0 Å². The summed E-state index contributed by atoms with van der Waals surface area (Å²) < 4.78 is 4.58. The molecule has 0 radical (unpaired) electrons. The van der Waals surface area contributed by atoms with Gasteiger partial charge in [0.15, 0.2) is 6.23 Å². The SMILES string of the molecule is C=C(C)C(=O)OC(N)CN. The van der Waals surface area contributed by atoms with Crippen LogP contribution in [0.2, 0.25) is 0 Å². The number of esters is 1. The highest BCUT2D eigenvalue weighted by atomic mass is 16.6. The number of ether oxygens (including phenoxy) is 1. The van der Waals surface area contributed by atoms with Crippen molar-refractivity contribution in [1.29, 1.82) is 0 Å². The minimum Gasteiger partial charge on any atom is -0.442 e. The van der Waals surface area contributed by atoms with Crippen LogP contribution in [0, 0.1) is 0 Å². The molecule has 0 saturated heterocycles. The third kappa shape index (κ3) is 3.21. The second-order valence-corrected chi connectivity index (χ2v) is 1.96. The zero-order chi connectivity index (χ0) is 8.15. The first-order valence-electron chi connectivity index (χ1n) is 2.90. The lowest BCUT2D eigenvalue weighted by Crippen LogP contribution is -2.34. The van der Waals surface area contributed by atoms with Crippen molar-refractivity contribution in [3.8, 4) is 0 Å². The highest BCUT2D eigenvalue weighted by Crippen LogP contribution is 1.92. The Bertz CT molecular complexity index is 145. The van der Waals surface area contributed by atoms with Crippen LogP contribution < -0.4 is 11.5 Å². The summed E-state index contributed by atoms with van der Waals surface area (Å²) in [4.78, 5) is 10.7. The fourth-order valence-electron chi connectivity index (χ4n) is 0.286. The minimum absolute atomic E-state index is 0.124. The summed E-state index contributed by atoms with van der Waals surface area (Å²) in [7, 11) is 0. The van der Waals surface area contributed by atoms with E-state index in [0.717, 1.165) is 0 Å². The molecule has 0 saturated carbocycles. The molecule has 1 unspecified atom stereocenters. The van der Waals surface area contributed by atoms with E-state index in [1.54, 1.807) is 6.92 Å². The molecule has 0 aromatic rings. The van der Waals surface area contributed by atoms with Crippen molar-refractivity contribution >= 4 is 5.97 Å². The van der Waals surface area contributed by atoms with Gasteiger partial charge < -0.3 is 10.5 Å². The Hall–Kier alpha value is -0.870. The monoisotopic (exact) mass is 144 g/mol. The molecule has 4 N–H and O–H groups in total. The van der Waals surface area contributed by atoms with E-state index in [2.05, 4.69) is 11.3 Å². The summed E-state index contributed by atoms with van der Waals surface area (Å²) in [5, 5.41) is 0. The Balaban J connectivity index is 3.68. The van der Waals surface area contributed by atoms with E-state index in [0.29, 0.717) is 5.57 Å². The number of nitrogens with two attached hydrogens (primary N) is 2. The summed E-state index contributed by atoms with van der Waals surface area (Å²) in [6.45, 7) is 5.04. The van der Waals surface area contributed by atoms with Crippen LogP contribution in [0.3, 0.4) is 0 Å². The van der Waals surface area contributed by atoms with Crippen LogP contribution in [0.4, 0.5) is 0 Å². The smallest absolute Gasteiger partial charge is 0.334 e. The van der Waals surface area contributed by atoms with Crippen LogP contribution in [0.15, 0.2) is 12.2 Å². The summed E-state index contributed by atoms with van der Waals surface area (Å²) in [6, 6.07) is 0. The largest absolute Gasteiger partial charge is 0.442 e. The van der Waals surface area contributed by atoms with Crippen LogP contribution in [0.5, 0.6) is 0 Å². The maximum atomic E-state index is 10.7. The first-order valence-corrected chi connectivity index (χ1v) is 2.90. The van der Waals surface area contributed by atoms with Crippen LogP contribution in [0.25, 0.3) is 0 Å². The number of rotatable bonds is 3. The molecule has 4 heteroatoms. The van der Waals surface area contributed by atoms with E-state index in [-0.39, 0.29) is 6.54 Å². The van der Waals surface area contributed by atoms with Crippen molar-refractivity contribution in [2.75, 3.05) is 6.54 Å². The number of hydrogen-bond acceptors (Lipinski definition) is 4. The van der Waals surface area contributed by atoms with Crippen LogP contribution in [0.1, 0.15) is 6.92 Å². The molecule has 1 atom stereocenters. The second-order valence-electron chi connectivity index (χ2n) is 1.96. The second kappa shape index (κ2) is 4.03. The Labute approximate surface area is 59.8 Å². The van der Waals surface area contributed by atoms with E-state index in [4.69, 9.17) is 11.5 Å². The first-order chi connectivity index (χ1) is 4.57. The molecule has 0 rings (SSSR count). The quantitative estimate of drug-likeness (QED) is 0.313. The number of carbonyl (C=O) groups is 1. The minimum atomic E-state index is -0.718.